The second-order valence-electron chi connectivity index (χ2n) is 2.91. The van der Waals surface area contributed by atoms with Gasteiger partial charge in [-0.2, -0.15) is 13.2 Å². The number of aromatic hydroxyl groups is 1. The van der Waals surface area contributed by atoms with Gasteiger partial charge in [0, 0.05) is 4.47 Å². The zero-order valence-electron chi connectivity index (χ0n) is 7.52. The Kier molecular flexibility index (Phi) is 3.08. The number of alkyl halides is 3. The molecule has 0 atom stereocenters. The summed E-state index contributed by atoms with van der Waals surface area (Å²) in [6, 6.07) is 1.29. The normalized spacial score (nSPS) is 11.5. The van der Waals surface area contributed by atoms with Crippen LogP contribution in [0, 0.1) is 0 Å². The molecule has 0 aliphatic rings. The molecule has 0 aliphatic carbocycles. The summed E-state index contributed by atoms with van der Waals surface area (Å²) in [4.78, 5) is 11.0. The first-order valence-corrected chi connectivity index (χ1v) is 4.63. The number of Topliss-reactive ketones (excluding diaryl/α,β-unsaturated/α-hetero) is 1. The molecule has 0 unspecified atom stereocenters. The Bertz CT molecular complexity index is 389. The van der Waals surface area contributed by atoms with Crippen molar-refractivity contribution in [2.45, 2.75) is 13.1 Å². The molecule has 1 aromatic carbocycles. The van der Waals surface area contributed by atoms with E-state index in [2.05, 4.69) is 15.9 Å². The van der Waals surface area contributed by atoms with E-state index in [9.17, 15) is 23.1 Å². The average Bonchev–Trinajstić information content (AvgIpc) is 1.99. The zero-order valence-corrected chi connectivity index (χ0v) is 9.11. The third kappa shape index (κ3) is 2.50. The number of carbonyl (C=O) groups is 1. The Morgan fingerprint density at radius 1 is 1.40 bits per heavy atom. The van der Waals surface area contributed by atoms with Gasteiger partial charge >= 0.3 is 6.18 Å². The molecule has 2 nitrogen and oxygen atoms in total. The Labute approximate surface area is 91.8 Å². The minimum atomic E-state index is -4.55. The summed E-state index contributed by atoms with van der Waals surface area (Å²) in [5.41, 5.74) is -1.15. The van der Waals surface area contributed by atoms with Crippen molar-refractivity contribution in [3.8, 4) is 5.75 Å². The highest BCUT2D eigenvalue weighted by Crippen LogP contribution is 2.36. The SMILES string of the molecule is CC(=O)c1c(O)cc(C(F)(F)F)cc1Br. The standard InChI is InChI=1S/C9H6BrF3O2/c1-4(14)8-6(10)2-5(3-7(8)15)9(11,12)13/h2-3,15H,1H3. The minimum absolute atomic E-state index is 0.0673. The average molecular weight is 283 g/mol. The number of phenolic OH excluding ortho intramolecular Hbond substituents is 1. The first-order chi connectivity index (χ1) is 6.73. The lowest BCUT2D eigenvalue weighted by Gasteiger charge is -2.10. The molecule has 1 N–H and O–H groups in total. The number of hydrogen-bond acceptors (Lipinski definition) is 2. The predicted octanol–water partition coefficient (Wildman–Crippen LogP) is 3.38. The van der Waals surface area contributed by atoms with Crippen LogP contribution in [0.25, 0.3) is 0 Å². The maximum atomic E-state index is 12.3. The molecule has 1 aromatic rings. The molecule has 15 heavy (non-hydrogen) atoms. The summed E-state index contributed by atoms with van der Waals surface area (Å²) in [7, 11) is 0. The Balaban J connectivity index is 3.39. The largest absolute Gasteiger partial charge is 0.507 e. The van der Waals surface area contributed by atoms with Crippen LogP contribution in [0.3, 0.4) is 0 Å². The molecule has 1 rings (SSSR count). The van der Waals surface area contributed by atoms with Crippen molar-refractivity contribution in [1.29, 1.82) is 0 Å². The summed E-state index contributed by atoms with van der Waals surface area (Å²) >= 11 is 2.81. The predicted molar refractivity (Wildman–Crippen MR) is 50.8 cm³/mol. The van der Waals surface area contributed by atoms with Crippen molar-refractivity contribution in [1.82, 2.24) is 0 Å². The second kappa shape index (κ2) is 3.84. The third-order valence-corrected chi connectivity index (χ3v) is 2.37. The van der Waals surface area contributed by atoms with E-state index in [0.717, 1.165) is 13.0 Å². The van der Waals surface area contributed by atoms with Crippen LogP contribution in [0.1, 0.15) is 22.8 Å². The van der Waals surface area contributed by atoms with Crippen LogP contribution in [0.15, 0.2) is 16.6 Å². The van der Waals surface area contributed by atoms with E-state index in [1.165, 1.54) is 0 Å². The zero-order chi connectivity index (χ0) is 11.8. The van der Waals surface area contributed by atoms with Gasteiger partial charge < -0.3 is 5.11 Å². The molecule has 0 aliphatic heterocycles. The smallest absolute Gasteiger partial charge is 0.416 e. The van der Waals surface area contributed by atoms with Gasteiger partial charge in [0.15, 0.2) is 5.78 Å². The van der Waals surface area contributed by atoms with Gasteiger partial charge in [0.1, 0.15) is 5.75 Å². The molecule has 0 fully saturated rings. The van der Waals surface area contributed by atoms with Crippen molar-refractivity contribution >= 4 is 21.7 Å². The summed E-state index contributed by atoms with van der Waals surface area (Å²) in [5, 5.41) is 9.26. The topological polar surface area (TPSA) is 37.3 Å². The number of carbonyl (C=O) groups excluding carboxylic acids is 1. The molecule has 0 saturated carbocycles. The monoisotopic (exact) mass is 282 g/mol. The summed E-state index contributed by atoms with van der Waals surface area (Å²) < 4.78 is 36.7. The number of benzene rings is 1. The molecule has 0 amide bonds. The number of rotatable bonds is 1. The number of phenols is 1. The van der Waals surface area contributed by atoms with Crippen molar-refractivity contribution < 1.29 is 23.1 Å². The highest BCUT2D eigenvalue weighted by molar-refractivity contribution is 9.10. The first kappa shape index (κ1) is 12.0. The van der Waals surface area contributed by atoms with Crippen molar-refractivity contribution in [2.75, 3.05) is 0 Å². The maximum absolute atomic E-state index is 12.3. The minimum Gasteiger partial charge on any atom is -0.507 e. The lowest BCUT2D eigenvalue weighted by atomic mass is 10.1. The molecule has 0 bridgehead atoms. The van der Waals surface area contributed by atoms with Gasteiger partial charge in [-0.15, -0.1) is 0 Å². The highest BCUT2D eigenvalue weighted by atomic mass is 79.9. The van der Waals surface area contributed by atoms with Crippen molar-refractivity contribution in [2.24, 2.45) is 0 Å². The Hall–Kier alpha value is -1.04. The highest BCUT2D eigenvalue weighted by Gasteiger charge is 2.32. The molecular weight excluding hydrogens is 277 g/mol. The quantitative estimate of drug-likeness (QED) is 0.802. The summed E-state index contributed by atoms with van der Waals surface area (Å²) in [6.07, 6.45) is -4.55. The van der Waals surface area contributed by atoms with Crippen LogP contribution in [0.4, 0.5) is 13.2 Å². The lowest BCUT2D eigenvalue weighted by molar-refractivity contribution is -0.137. The van der Waals surface area contributed by atoms with Crippen molar-refractivity contribution in [3.05, 3.63) is 27.7 Å². The van der Waals surface area contributed by atoms with E-state index in [0.29, 0.717) is 6.07 Å². The van der Waals surface area contributed by atoms with Gasteiger partial charge in [0.05, 0.1) is 11.1 Å². The van der Waals surface area contributed by atoms with Gasteiger partial charge in [-0.25, -0.2) is 0 Å². The van der Waals surface area contributed by atoms with E-state index >= 15 is 0 Å². The number of ketones is 1. The fourth-order valence-corrected chi connectivity index (χ4v) is 1.83. The molecule has 82 valence electrons. The molecular formula is C9H6BrF3O2. The molecule has 6 heteroatoms. The van der Waals surface area contributed by atoms with Crippen LogP contribution in [0.2, 0.25) is 0 Å². The fourth-order valence-electron chi connectivity index (χ4n) is 1.10. The molecule has 0 heterocycles. The van der Waals surface area contributed by atoms with Crippen LogP contribution in [-0.4, -0.2) is 10.9 Å². The summed E-state index contributed by atoms with van der Waals surface area (Å²) in [6.45, 7) is 1.16. The Morgan fingerprint density at radius 2 is 1.93 bits per heavy atom. The van der Waals surface area contributed by atoms with E-state index in [1.54, 1.807) is 0 Å². The van der Waals surface area contributed by atoms with Gasteiger partial charge in [-0.3, -0.25) is 4.79 Å². The van der Waals surface area contributed by atoms with Crippen LogP contribution in [-0.2, 0) is 6.18 Å². The number of halogens is 4. The van der Waals surface area contributed by atoms with Gasteiger partial charge in [-0.1, -0.05) is 0 Å². The fraction of sp³-hybridized carbons (Fsp3) is 0.222. The molecule has 0 aromatic heterocycles. The molecule has 0 spiro atoms. The number of hydrogen-bond donors (Lipinski definition) is 1. The Morgan fingerprint density at radius 3 is 2.27 bits per heavy atom. The van der Waals surface area contributed by atoms with E-state index in [-0.39, 0.29) is 10.0 Å². The van der Waals surface area contributed by atoms with Gasteiger partial charge in [-0.05, 0) is 35.0 Å². The second-order valence-corrected chi connectivity index (χ2v) is 3.76. The third-order valence-electron chi connectivity index (χ3n) is 1.75. The maximum Gasteiger partial charge on any atom is 0.416 e. The van der Waals surface area contributed by atoms with Crippen LogP contribution in [0.5, 0.6) is 5.75 Å². The van der Waals surface area contributed by atoms with E-state index in [1.807, 2.05) is 0 Å². The van der Waals surface area contributed by atoms with E-state index < -0.39 is 23.3 Å². The van der Waals surface area contributed by atoms with Gasteiger partial charge in [0.2, 0.25) is 0 Å². The van der Waals surface area contributed by atoms with Gasteiger partial charge in [0.25, 0.3) is 0 Å². The van der Waals surface area contributed by atoms with Crippen LogP contribution < -0.4 is 0 Å². The lowest BCUT2D eigenvalue weighted by Crippen LogP contribution is -2.06. The van der Waals surface area contributed by atoms with Crippen LogP contribution >= 0.6 is 15.9 Å². The molecule has 0 saturated heterocycles. The van der Waals surface area contributed by atoms with Crippen molar-refractivity contribution in [3.63, 3.8) is 0 Å². The molecule has 0 radical (unpaired) electrons. The summed E-state index contributed by atoms with van der Waals surface area (Å²) in [5.74, 6) is -1.18. The first-order valence-electron chi connectivity index (χ1n) is 3.84. The van der Waals surface area contributed by atoms with E-state index in [4.69, 9.17) is 0 Å².